The van der Waals surface area contributed by atoms with Crippen LogP contribution in [0.4, 0.5) is 0 Å². The Balaban J connectivity index is 3.99. The molecular formula is C10H17N. The third-order valence-electron chi connectivity index (χ3n) is 1.60. The summed E-state index contributed by atoms with van der Waals surface area (Å²) in [6.07, 6.45) is 5.03. The lowest BCUT2D eigenvalue weighted by molar-refractivity contribution is 0.418. The lowest BCUT2D eigenvalue weighted by atomic mass is 10.3. The average molecular weight is 151 g/mol. The van der Waals surface area contributed by atoms with Gasteiger partial charge in [0.15, 0.2) is 0 Å². The average Bonchev–Trinajstić information content (AvgIpc) is 2.00. The summed E-state index contributed by atoms with van der Waals surface area (Å²) in [6, 6.07) is 0. The van der Waals surface area contributed by atoms with E-state index < -0.39 is 0 Å². The molecule has 0 radical (unpaired) electrons. The molecule has 11 heavy (non-hydrogen) atoms. The number of allylic oxidation sites excluding steroid dienone is 3. The molecule has 62 valence electrons. The maximum Gasteiger partial charge on any atom is 0.0169 e. The van der Waals surface area contributed by atoms with Gasteiger partial charge in [-0.3, -0.25) is 0 Å². The summed E-state index contributed by atoms with van der Waals surface area (Å²) in [5, 5.41) is 0. The minimum Gasteiger partial charge on any atom is -0.378 e. The quantitative estimate of drug-likeness (QED) is 0.441. The lowest BCUT2D eigenvalue weighted by Crippen LogP contribution is -2.16. The first-order valence-corrected chi connectivity index (χ1v) is 3.96. The van der Waals surface area contributed by atoms with Crippen molar-refractivity contribution in [2.75, 3.05) is 13.6 Å². The predicted octanol–water partition coefficient (Wildman–Crippen LogP) is 2.57. The number of nitrogens with zero attached hydrogens (tertiary/aromatic N) is 1. The number of rotatable bonds is 4. The van der Waals surface area contributed by atoms with Crippen LogP contribution < -0.4 is 0 Å². The first kappa shape index (κ1) is 10.1. The summed E-state index contributed by atoms with van der Waals surface area (Å²) in [6.45, 7) is 8.86. The van der Waals surface area contributed by atoms with Crippen LogP contribution in [0.5, 0.6) is 0 Å². The van der Waals surface area contributed by atoms with Crippen molar-refractivity contribution in [3.8, 4) is 0 Å². The van der Waals surface area contributed by atoms with Crippen LogP contribution in [0.3, 0.4) is 0 Å². The van der Waals surface area contributed by atoms with E-state index in [1.165, 1.54) is 12.1 Å². The van der Waals surface area contributed by atoms with Gasteiger partial charge in [0, 0.05) is 19.3 Å². The van der Waals surface area contributed by atoms with E-state index >= 15 is 0 Å². The highest BCUT2D eigenvalue weighted by atomic mass is 15.1. The van der Waals surface area contributed by atoms with E-state index in [1.807, 2.05) is 12.2 Å². The smallest absolute Gasteiger partial charge is 0.0169 e. The van der Waals surface area contributed by atoms with Gasteiger partial charge >= 0.3 is 0 Å². The van der Waals surface area contributed by atoms with Crippen LogP contribution >= 0.6 is 0 Å². The Morgan fingerprint density at radius 2 is 2.27 bits per heavy atom. The van der Waals surface area contributed by atoms with Gasteiger partial charge in [-0.15, -0.1) is 5.73 Å². The molecule has 0 spiro atoms. The van der Waals surface area contributed by atoms with Crippen LogP contribution in [-0.2, 0) is 0 Å². The van der Waals surface area contributed by atoms with Crippen LogP contribution in [-0.4, -0.2) is 18.5 Å². The zero-order chi connectivity index (χ0) is 8.69. The van der Waals surface area contributed by atoms with Gasteiger partial charge in [0.1, 0.15) is 0 Å². The molecule has 0 saturated carbocycles. The van der Waals surface area contributed by atoms with E-state index in [4.69, 9.17) is 0 Å². The number of hydrogen-bond donors (Lipinski definition) is 0. The monoisotopic (exact) mass is 151 g/mol. The van der Waals surface area contributed by atoms with Crippen LogP contribution in [0, 0.1) is 0 Å². The zero-order valence-corrected chi connectivity index (χ0v) is 7.72. The Morgan fingerprint density at radius 1 is 1.64 bits per heavy atom. The molecular weight excluding hydrogens is 134 g/mol. The van der Waals surface area contributed by atoms with Crippen LogP contribution in [0.2, 0.25) is 0 Å². The topological polar surface area (TPSA) is 3.24 Å². The van der Waals surface area contributed by atoms with E-state index in [0.717, 1.165) is 6.54 Å². The van der Waals surface area contributed by atoms with Gasteiger partial charge in [-0.1, -0.05) is 13.5 Å². The summed E-state index contributed by atoms with van der Waals surface area (Å²) in [4.78, 5) is 2.22. The molecule has 0 rings (SSSR count). The zero-order valence-electron chi connectivity index (χ0n) is 7.72. The van der Waals surface area contributed by atoms with Crippen molar-refractivity contribution in [3.05, 3.63) is 30.2 Å². The largest absolute Gasteiger partial charge is 0.378 e. The van der Waals surface area contributed by atoms with Crippen LogP contribution in [0.25, 0.3) is 0 Å². The molecule has 0 aromatic rings. The lowest BCUT2D eigenvalue weighted by Gasteiger charge is -2.17. The Hall–Kier alpha value is -0.940. The van der Waals surface area contributed by atoms with Crippen molar-refractivity contribution in [1.82, 2.24) is 4.90 Å². The predicted molar refractivity (Wildman–Crippen MR) is 50.4 cm³/mol. The molecule has 0 bridgehead atoms. The highest BCUT2D eigenvalue weighted by Gasteiger charge is 1.93. The molecule has 0 aromatic carbocycles. The molecule has 0 aliphatic heterocycles. The second kappa shape index (κ2) is 5.82. The summed E-state index contributed by atoms with van der Waals surface area (Å²) < 4.78 is 0. The fourth-order valence-electron chi connectivity index (χ4n) is 0.819. The van der Waals surface area contributed by atoms with Crippen molar-refractivity contribution >= 4 is 0 Å². The number of hydrogen-bond acceptors (Lipinski definition) is 1. The van der Waals surface area contributed by atoms with Gasteiger partial charge in [0.2, 0.25) is 0 Å². The minimum atomic E-state index is 1.10. The first-order valence-electron chi connectivity index (χ1n) is 3.96. The summed E-state index contributed by atoms with van der Waals surface area (Å²) in [7, 11) is 2.09. The molecule has 0 saturated heterocycles. The highest BCUT2D eigenvalue weighted by Crippen LogP contribution is 2.00. The second-order valence-corrected chi connectivity index (χ2v) is 2.60. The highest BCUT2D eigenvalue weighted by molar-refractivity contribution is 5.07. The molecule has 0 aromatic heterocycles. The SMILES string of the molecule is C=C=C/C=C(/C)N(C)CCC. The molecule has 0 unspecified atom stereocenters. The van der Waals surface area contributed by atoms with E-state index in [-0.39, 0.29) is 0 Å². The standard InChI is InChI=1S/C10H17N/c1-5-7-8-10(3)11(4)9-6-2/h7-8H,1,6,9H2,2-4H3/b10-8-. The molecule has 1 heteroatoms. The van der Waals surface area contributed by atoms with Gasteiger partial charge in [-0.05, 0) is 25.5 Å². The van der Waals surface area contributed by atoms with Gasteiger partial charge in [-0.2, -0.15) is 0 Å². The van der Waals surface area contributed by atoms with Gasteiger partial charge < -0.3 is 4.90 Å². The normalized spacial score (nSPS) is 10.6. The summed E-state index contributed by atoms with van der Waals surface area (Å²) in [5.41, 5.74) is 3.97. The fraction of sp³-hybridized carbons (Fsp3) is 0.500. The van der Waals surface area contributed by atoms with Crippen molar-refractivity contribution in [2.45, 2.75) is 20.3 Å². The van der Waals surface area contributed by atoms with E-state index in [2.05, 4.69) is 38.1 Å². The molecule has 1 nitrogen and oxygen atoms in total. The van der Waals surface area contributed by atoms with E-state index in [1.54, 1.807) is 0 Å². The molecule has 0 heterocycles. The van der Waals surface area contributed by atoms with Gasteiger partial charge in [0.25, 0.3) is 0 Å². The Kier molecular flexibility index (Phi) is 5.32. The van der Waals surface area contributed by atoms with Crippen molar-refractivity contribution in [3.63, 3.8) is 0 Å². The van der Waals surface area contributed by atoms with Crippen molar-refractivity contribution in [1.29, 1.82) is 0 Å². The third-order valence-corrected chi connectivity index (χ3v) is 1.60. The van der Waals surface area contributed by atoms with Crippen LogP contribution in [0.1, 0.15) is 20.3 Å². The molecule has 0 fully saturated rings. The Labute approximate surface area is 69.7 Å². The van der Waals surface area contributed by atoms with Crippen molar-refractivity contribution in [2.24, 2.45) is 0 Å². The van der Waals surface area contributed by atoms with Gasteiger partial charge in [0.05, 0.1) is 0 Å². The Bertz CT molecular complexity index is 173. The van der Waals surface area contributed by atoms with E-state index in [0.29, 0.717) is 0 Å². The molecule has 0 N–H and O–H groups in total. The first-order chi connectivity index (χ1) is 5.22. The molecule has 0 aliphatic carbocycles. The van der Waals surface area contributed by atoms with Crippen LogP contribution in [0.15, 0.2) is 30.2 Å². The van der Waals surface area contributed by atoms with Gasteiger partial charge in [-0.25, -0.2) is 0 Å². The molecule has 0 amide bonds. The fourth-order valence-corrected chi connectivity index (χ4v) is 0.819. The van der Waals surface area contributed by atoms with Crippen molar-refractivity contribution < 1.29 is 0 Å². The van der Waals surface area contributed by atoms with E-state index in [9.17, 15) is 0 Å². The summed E-state index contributed by atoms with van der Waals surface area (Å²) >= 11 is 0. The molecule has 0 atom stereocenters. The Morgan fingerprint density at radius 3 is 2.73 bits per heavy atom. The third kappa shape index (κ3) is 4.46. The minimum absolute atomic E-state index is 1.10. The molecule has 0 aliphatic rings. The maximum atomic E-state index is 3.49. The summed E-state index contributed by atoms with van der Waals surface area (Å²) in [5.74, 6) is 0. The second-order valence-electron chi connectivity index (χ2n) is 2.60. The maximum absolute atomic E-state index is 3.49.